The quantitative estimate of drug-likeness (QED) is 0.171. The third-order valence-corrected chi connectivity index (χ3v) is 11.8. The summed E-state index contributed by atoms with van der Waals surface area (Å²) in [6.07, 6.45) is 0. The summed E-state index contributed by atoms with van der Waals surface area (Å²) in [6.45, 7) is 0. The minimum atomic E-state index is -3.63. The third-order valence-electron chi connectivity index (χ3n) is 6.70. The molecule has 5 aromatic rings. The van der Waals surface area contributed by atoms with Crippen LogP contribution in [0.1, 0.15) is 33.6 Å². The first-order valence-corrected chi connectivity index (χ1v) is 15.4. The van der Waals surface area contributed by atoms with E-state index < -0.39 is 18.5 Å². The zero-order valence-electron chi connectivity index (χ0n) is 20.1. The van der Waals surface area contributed by atoms with E-state index in [1.165, 1.54) is 0 Å². The molecule has 0 radical (unpaired) electrons. The summed E-state index contributed by atoms with van der Waals surface area (Å²) in [5, 5.41) is 2.45. The second kappa shape index (κ2) is 11.7. The maximum absolute atomic E-state index is 16.4. The highest BCUT2D eigenvalue weighted by atomic mass is 35.5. The molecule has 5 aromatic carbocycles. The molecular formula is C32H23Cl4OP. The van der Waals surface area contributed by atoms with E-state index in [0.717, 1.165) is 11.1 Å². The Morgan fingerprint density at radius 1 is 0.421 bits per heavy atom. The summed E-state index contributed by atoms with van der Waals surface area (Å²) in [4.78, 5) is 0. The van der Waals surface area contributed by atoms with Crippen molar-refractivity contribution in [2.75, 3.05) is 0 Å². The smallest absolute Gasteiger partial charge is 0.138 e. The molecule has 1 nitrogen and oxygen atoms in total. The van der Waals surface area contributed by atoms with Crippen LogP contribution in [0.25, 0.3) is 0 Å². The lowest BCUT2D eigenvalue weighted by Gasteiger charge is -2.37. The lowest BCUT2D eigenvalue weighted by atomic mass is 10.0. The minimum Gasteiger partial charge on any atom is -0.317 e. The molecule has 2 atom stereocenters. The summed E-state index contributed by atoms with van der Waals surface area (Å²) < 4.78 is 16.4. The highest BCUT2D eigenvalue weighted by molar-refractivity contribution is 7.72. The van der Waals surface area contributed by atoms with Crippen LogP contribution in [0, 0.1) is 0 Å². The van der Waals surface area contributed by atoms with Crippen LogP contribution in [0.4, 0.5) is 0 Å². The molecule has 5 rings (SSSR count). The predicted octanol–water partition coefficient (Wildman–Crippen LogP) is 10.9. The number of rotatable bonds is 7. The van der Waals surface area contributed by atoms with E-state index in [1.807, 2.05) is 91.0 Å². The van der Waals surface area contributed by atoms with Crippen LogP contribution in [-0.4, -0.2) is 0 Å². The molecular weight excluding hydrogens is 573 g/mol. The van der Waals surface area contributed by atoms with E-state index in [0.29, 0.717) is 36.5 Å². The largest absolute Gasteiger partial charge is 0.317 e. The average molecular weight is 596 g/mol. The summed E-state index contributed by atoms with van der Waals surface area (Å²) in [5.41, 5.74) is 1.50. The van der Waals surface area contributed by atoms with E-state index in [9.17, 15) is 0 Å². The van der Waals surface area contributed by atoms with Crippen LogP contribution in [-0.2, 0) is 4.57 Å². The third kappa shape index (κ3) is 5.07. The van der Waals surface area contributed by atoms with Crippen molar-refractivity contribution < 1.29 is 4.57 Å². The first kappa shape index (κ1) is 27.1. The van der Waals surface area contributed by atoms with Gasteiger partial charge in [-0.05, 0) is 35.4 Å². The summed E-state index contributed by atoms with van der Waals surface area (Å²) in [6, 6.07) is 39.7. The van der Waals surface area contributed by atoms with Crippen molar-refractivity contribution in [3.05, 3.63) is 170 Å². The molecule has 0 heterocycles. The first-order valence-electron chi connectivity index (χ1n) is 12.1. The Labute approximate surface area is 243 Å². The highest BCUT2D eigenvalue weighted by Gasteiger charge is 2.47. The van der Waals surface area contributed by atoms with Gasteiger partial charge < -0.3 is 4.57 Å². The van der Waals surface area contributed by atoms with Gasteiger partial charge in [0.15, 0.2) is 0 Å². The molecule has 0 amide bonds. The Morgan fingerprint density at radius 3 is 1.08 bits per heavy atom. The lowest BCUT2D eigenvalue weighted by Crippen LogP contribution is -2.21. The maximum atomic E-state index is 16.4. The van der Waals surface area contributed by atoms with Gasteiger partial charge >= 0.3 is 0 Å². The van der Waals surface area contributed by atoms with Crippen molar-refractivity contribution in [3.8, 4) is 0 Å². The average Bonchev–Trinajstić information content (AvgIpc) is 2.94. The molecule has 0 spiro atoms. The zero-order chi connectivity index (χ0) is 26.7. The fourth-order valence-electron chi connectivity index (χ4n) is 5.08. The predicted molar refractivity (Wildman–Crippen MR) is 163 cm³/mol. The van der Waals surface area contributed by atoms with Crippen LogP contribution in [0.15, 0.2) is 127 Å². The van der Waals surface area contributed by atoms with E-state index in [2.05, 4.69) is 0 Å². The topological polar surface area (TPSA) is 17.1 Å². The van der Waals surface area contributed by atoms with Gasteiger partial charge in [-0.3, -0.25) is 0 Å². The molecule has 0 aliphatic heterocycles. The normalized spacial score (nSPS) is 14.4. The molecule has 0 bridgehead atoms. The molecule has 38 heavy (non-hydrogen) atoms. The zero-order valence-corrected chi connectivity index (χ0v) is 24.1. The Morgan fingerprint density at radius 2 is 0.737 bits per heavy atom. The monoisotopic (exact) mass is 594 g/mol. The van der Waals surface area contributed by atoms with Gasteiger partial charge in [-0.15, -0.1) is 0 Å². The van der Waals surface area contributed by atoms with E-state index >= 15 is 4.57 Å². The van der Waals surface area contributed by atoms with Crippen molar-refractivity contribution in [1.82, 2.24) is 0 Å². The molecule has 0 N–H and O–H groups in total. The van der Waals surface area contributed by atoms with Crippen LogP contribution in [0.5, 0.6) is 0 Å². The molecule has 0 aromatic heterocycles. The number of hydrogen-bond acceptors (Lipinski definition) is 1. The van der Waals surface area contributed by atoms with E-state index in [1.54, 1.807) is 36.4 Å². The van der Waals surface area contributed by atoms with Gasteiger partial charge in [-0.1, -0.05) is 150 Å². The molecule has 0 aliphatic rings. The van der Waals surface area contributed by atoms with Gasteiger partial charge in [-0.2, -0.15) is 0 Å². The first-order chi connectivity index (χ1) is 18.4. The minimum absolute atomic E-state index is 0.444. The number of hydrogen-bond donors (Lipinski definition) is 0. The SMILES string of the molecule is O=P(c1ccccc1)(C(c1ccccc1)c1c(Cl)cccc1Cl)C(c1ccccc1)c1c(Cl)cccc1Cl. The Bertz CT molecular complexity index is 1450. The molecule has 0 saturated carbocycles. The Kier molecular flexibility index (Phi) is 8.34. The van der Waals surface area contributed by atoms with Crippen LogP contribution in [0.2, 0.25) is 20.1 Å². The number of benzene rings is 5. The molecule has 6 heteroatoms. The van der Waals surface area contributed by atoms with E-state index in [-0.39, 0.29) is 0 Å². The fraction of sp³-hybridized carbons (Fsp3) is 0.0625. The fourth-order valence-corrected chi connectivity index (χ4v) is 10.7. The highest BCUT2D eigenvalue weighted by Crippen LogP contribution is 2.73. The van der Waals surface area contributed by atoms with E-state index in [4.69, 9.17) is 46.4 Å². The van der Waals surface area contributed by atoms with Gasteiger partial charge in [0, 0.05) is 36.5 Å². The molecule has 0 fully saturated rings. The van der Waals surface area contributed by atoms with Crippen molar-refractivity contribution in [1.29, 1.82) is 0 Å². The van der Waals surface area contributed by atoms with Gasteiger partial charge in [0.1, 0.15) is 7.14 Å². The standard InChI is InChI=1S/C32H23Cl4OP/c33-25-18-10-19-26(34)29(25)31(22-12-4-1-5-13-22)38(37,24-16-8-3-9-17-24)32(23-14-6-2-7-15-23)30-27(35)20-11-21-28(30)36/h1-21,31-32H. The molecule has 0 aliphatic carbocycles. The maximum Gasteiger partial charge on any atom is 0.138 e. The van der Waals surface area contributed by atoms with Crippen LogP contribution in [0.3, 0.4) is 0 Å². The van der Waals surface area contributed by atoms with Crippen LogP contribution >= 0.6 is 53.5 Å². The summed E-state index contributed by atoms with van der Waals surface area (Å²) in [5.74, 6) is 0. The second-order valence-electron chi connectivity index (χ2n) is 8.94. The Balaban J connectivity index is 1.96. The number of halogens is 4. The van der Waals surface area contributed by atoms with Crippen LogP contribution < -0.4 is 5.30 Å². The molecule has 2 unspecified atom stereocenters. The van der Waals surface area contributed by atoms with Crippen molar-refractivity contribution >= 4 is 58.9 Å². The summed E-state index contributed by atoms with van der Waals surface area (Å²) in [7, 11) is -3.63. The lowest BCUT2D eigenvalue weighted by molar-refractivity contribution is 0.571. The van der Waals surface area contributed by atoms with Crippen molar-refractivity contribution in [2.45, 2.75) is 11.3 Å². The van der Waals surface area contributed by atoms with Gasteiger partial charge in [0.05, 0.1) is 11.3 Å². The molecule has 0 saturated heterocycles. The van der Waals surface area contributed by atoms with Crippen molar-refractivity contribution in [3.63, 3.8) is 0 Å². The Hall–Kier alpha value is -2.51. The van der Waals surface area contributed by atoms with Gasteiger partial charge in [-0.25, -0.2) is 0 Å². The summed E-state index contributed by atoms with van der Waals surface area (Å²) >= 11 is 27.5. The molecule has 190 valence electrons. The van der Waals surface area contributed by atoms with Crippen molar-refractivity contribution in [2.24, 2.45) is 0 Å². The second-order valence-corrected chi connectivity index (χ2v) is 13.5. The van der Waals surface area contributed by atoms with Gasteiger partial charge in [0.2, 0.25) is 0 Å². The van der Waals surface area contributed by atoms with Gasteiger partial charge in [0.25, 0.3) is 0 Å².